The molecule has 156 valence electrons. The van der Waals surface area contributed by atoms with Crippen molar-refractivity contribution in [1.82, 2.24) is 10.3 Å². The van der Waals surface area contributed by atoms with Crippen molar-refractivity contribution < 1.29 is 14.8 Å². The van der Waals surface area contributed by atoms with Gasteiger partial charge in [0.15, 0.2) is 0 Å². The number of aromatic amines is 1. The van der Waals surface area contributed by atoms with Gasteiger partial charge >= 0.3 is 5.97 Å². The van der Waals surface area contributed by atoms with Gasteiger partial charge in [0, 0.05) is 40.5 Å². The number of fused-ring (bicyclic) bond motifs is 1. The maximum absolute atomic E-state index is 11.8. The van der Waals surface area contributed by atoms with Crippen molar-refractivity contribution in [2.75, 3.05) is 0 Å². The Bertz CT molecular complexity index is 1250. The summed E-state index contributed by atoms with van der Waals surface area (Å²) in [6.07, 6.45) is 0. The van der Waals surface area contributed by atoms with Gasteiger partial charge in [-0.25, -0.2) is 4.79 Å². The van der Waals surface area contributed by atoms with E-state index in [1.165, 1.54) is 17.8 Å². The molecule has 0 aliphatic rings. The summed E-state index contributed by atoms with van der Waals surface area (Å²) < 4.78 is 0. The molecule has 0 saturated carbocycles. The van der Waals surface area contributed by atoms with Gasteiger partial charge in [0.2, 0.25) is 0 Å². The average Bonchev–Trinajstić information content (AvgIpc) is 3.12. The molecule has 1 aromatic heterocycles. The highest BCUT2D eigenvalue weighted by Crippen LogP contribution is 2.37. The molecule has 3 N–H and O–H groups in total. The fraction of sp³-hybridized carbons (Fsp3) is 0.0870. The van der Waals surface area contributed by atoms with Gasteiger partial charge < -0.3 is 15.4 Å². The predicted molar refractivity (Wildman–Crippen MR) is 119 cm³/mol. The Hall–Kier alpha value is -3.62. The molecule has 31 heavy (non-hydrogen) atoms. The van der Waals surface area contributed by atoms with Crippen LogP contribution in [0.1, 0.15) is 21.6 Å². The van der Waals surface area contributed by atoms with Gasteiger partial charge in [-0.2, -0.15) is 0 Å². The van der Waals surface area contributed by atoms with E-state index in [1.807, 2.05) is 48.5 Å². The zero-order valence-electron chi connectivity index (χ0n) is 16.4. The van der Waals surface area contributed by atoms with E-state index < -0.39 is 5.97 Å². The minimum atomic E-state index is -1.01. The van der Waals surface area contributed by atoms with Gasteiger partial charge in [-0.05, 0) is 23.8 Å². The first kappa shape index (κ1) is 20.6. The number of nitrogens with one attached hydrogen (secondary N) is 2. The van der Waals surface area contributed by atoms with Crippen LogP contribution in [0.15, 0.2) is 82.6 Å². The first-order valence-electron chi connectivity index (χ1n) is 9.57. The lowest BCUT2D eigenvalue weighted by Crippen LogP contribution is -2.13. The van der Waals surface area contributed by atoms with Crippen LogP contribution in [0.25, 0.3) is 10.9 Å². The molecule has 0 aliphatic carbocycles. The zero-order chi connectivity index (χ0) is 21.8. The van der Waals surface area contributed by atoms with E-state index >= 15 is 0 Å². The molecule has 0 fully saturated rings. The summed E-state index contributed by atoms with van der Waals surface area (Å²) in [5.74, 6) is -1.01. The van der Waals surface area contributed by atoms with Crippen LogP contribution in [0, 0.1) is 10.1 Å². The molecule has 0 saturated heterocycles. The number of nitrogens with zero attached hydrogens (tertiary/aromatic N) is 1. The largest absolute Gasteiger partial charge is 0.477 e. The maximum Gasteiger partial charge on any atom is 0.353 e. The molecule has 0 bridgehead atoms. The maximum atomic E-state index is 11.8. The summed E-state index contributed by atoms with van der Waals surface area (Å²) in [5.41, 5.74) is 2.54. The van der Waals surface area contributed by atoms with E-state index in [2.05, 4.69) is 10.3 Å². The van der Waals surface area contributed by atoms with Crippen LogP contribution in [-0.2, 0) is 13.1 Å². The molecule has 4 rings (SSSR count). The van der Waals surface area contributed by atoms with E-state index in [9.17, 15) is 20.0 Å². The smallest absolute Gasteiger partial charge is 0.353 e. The third kappa shape index (κ3) is 4.60. The molecule has 0 unspecified atom stereocenters. The molecule has 1 heterocycles. The quantitative estimate of drug-likeness (QED) is 0.260. The monoisotopic (exact) mass is 433 g/mol. The van der Waals surface area contributed by atoms with Gasteiger partial charge in [-0.1, -0.05) is 60.3 Å². The van der Waals surface area contributed by atoms with Crippen molar-refractivity contribution in [3.63, 3.8) is 0 Å². The van der Waals surface area contributed by atoms with Crippen LogP contribution in [0.5, 0.6) is 0 Å². The molecule has 0 radical (unpaired) electrons. The molecule has 8 heteroatoms. The number of aromatic carboxylic acids is 1. The predicted octanol–water partition coefficient (Wildman–Crippen LogP) is 5.22. The summed E-state index contributed by atoms with van der Waals surface area (Å²) in [4.78, 5) is 27.2. The van der Waals surface area contributed by atoms with Crippen molar-refractivity contribution >= 4 is 34.3 Å². The topological polar surface area (TPSA) is 108 Å². The number of hydrogen-bond donors (Lipinski definition) is 3. The second-order valence-corrected chi connectivity index (χ2v) is 8.00. The van der Waals surface area contributed by atoms with Gasteiger partial charge in [0.05, 0.1) is 9.82 Å². The number of nitro groups is 1. The molecular formula is C23H19N3O4S. The Morgan fingerprint density at radius 3 is 2.52 bits per heavy atom. The minimum absolute atomic E-state index is 0.0866. The Labute approximate surface area is 182 Å². The molecular weight excluding hydrogens is 414 g/mol. The zero-order valence-corrected chi connectivity index (χ0v) is 17.2. The fourth-order valence-electron chi connectivity index (χ4n) is 3.37. The van der Waals surface area contributed by atoms with Crippen molar-refractivity contribution in [3.8, 4) is 0 Å². The van der Waals surface area contributed by atoms with Crippen molar-refractivity contribution in [1.29, 1.82) is 0 Å². The second-order valence-electron chi connectivity index (χ2n) is 6.92. The highest BCUT2D eigenvalue weighted by molar-refractivity contribution is 7.99. The number of benzene rings is 3. The molecule has 0 aliphatic heterocycles. The SMILES string of the molecule is O=C(O)c1[nH]c2cc(CNCc3ccccc3[N+](=O)[O-])ccc2c1Sc1ccccc1. The normalized spacial score (nSPS) is 11.0. The third-order valence-electron chi connectivity index (χ3n) is 4.83. The lowest BCUT2D eigenvalue weighted by atomic mass is 10.1. The number of carbonyl (C=O) groups is 1. The first-order chi connectivity index (χ1) is 15.0. The lowest BCUT2D eigenvalue weighted by Gasteiger charge is -2.06. The van der Waals surface area contributed by atoms with Crippen LogP contribution < -0.4 is 5.32 Å². The highest BCUT2D eigenvalue weighted by atomic mass is 32.2. The Balaban J connectivity index is 1.55. The number of H-pyrrole nitrogens is 1. The highest BCUT2D eigenvalue weighted by Gasteiger charge is 2.18. The fourth-order valence-corrected chi connectivity index (χ4v) is 4.43. The second kappa shape index (κ2) is 9.03. The molecule has 0 amide bonds. The molecule has 0 spiro atoms. The number of rotatable bonds is 8. The average molecular weight is 433 g/mol. The van der Waals surface area contributed by atoms with E-state index in [0.29, 0.717) is 23.5 Å². The summed E-state index contributed by atoms with van der Waals surface area (Å²) in [7, 11) is 0. The van der Waals surface area contributed by atoms with Gasteiger partial charge in [0.25, 0.3) is 5.69 Å². The number of para-hydroxylation sites is 1. The van der Waals surface area contributed by atoms with Gasteiger partial charge in [0.1, 0.15) is 5.69 Å². The summed E-state index contributed by atoms with van der Waals surface area (Å²) in [5, 5.41) is 24.8. The van der Waals surface area contributed by atoms with Crippen LogP contribution in [-0.4, -0.2) is 21.0 Å². The standard InChI is InChI=1S/C23H19N3O4S/c27-23(28)21-22(31-17-7-2-1-3-8-17)18-11-10-15(12-19(18)25-21)13-24-14-16-6-4-5-9-20(16)26(29)30/h1-12,24-25H,13-14H2,(H,27,28). The van der Waals surface area contributed by atoms with E-state index in [1.54, 1.807) is 18.2 Å². The van der Waals surface area contributed by atoms with E-state index in [4.69, 9.17) is 0 Å². The summed E-state index contributed by atoms with van der Waals surface area (Å²) >= 11 is 1.41. The summed E-state index contributed by atoms with van der Waals surface area (Å²) in [6, 6.07) is 22.0. The Morgan fingerprint density at radius 1 is 1.03 bits per heavy atom. The van der Waals surface area contributed by atoms with Crippen molar-refractivity contribution in [2.45, 2.75) is 22.9 Å². The van der Waals surface area contributed by atoms with Gasteiger partial charge in [-0.15, -0.1) is 0 Å². The molecule has 3 aromatic carbocycles. The third-order valence-corrected chi connectivity index (χ3v) is 5.96. The number of nitro benzene ring substituents is 1. The van der Waals surface area contributed by atoms with Crippen LogP contribution >= 0.6 is 11.8 Å². The number of carboxylic acid groups (broad SMARTS) is 1. The van der Waals surface area contributed by atoms with Crippen molar-refractivity contribution in [2.24, 2.45) is 0 Å². The van der Waals surface area contributed by atoms with E-state index in [0.717, 1.165) is 21.4 Å². The van der Waals surface area contributed by atoms with E-state index in [-0.39, 0.29) is 16.3 Å². The molecule has 7 nitrogen and oxygen atoms in total. The number of hydrogen-bond acceptors (Lipinski definition) is 5. The van der Waals surface area contributed by atoms with Crippen LogP contribution in [0.4, 0.5) is 5.69 Å². The molecule has 0 atom stereocenters. The van der Waals surface area contributed by atoms with Gasteiger partial charge in [-0.3, -0.25) is 10.1 Å². The summed E-state index contributed by atoms with van der Waals surface area (Å²) in [6.45, 7) is 0.847. The first-order valence-corrected chi connectivity index (χ1v) is 10.4. The van der Waals surface area contributed by atoms with Crippen LogP contribution in [0.3, 0.4) is 0 Å². The van der Waals surface area contributed by atoms with Crippen molar-refractivity contribution in [3.05, 3.63) is 99.7 Å². The minimum Gasteiger partial charge on any atom is -0.477 e. The lowest BCUT2D eigenvalue weighted by molar-refractivity contribution is -0.385. The number of carboxylic acids is 1. The molecule has 4 aromatic rings. The van der Waals surface area contributed by atoms with Crippen LogP contribution in [0.2, 0.25) is 0 Å². The number of aromatic nitrogens is 1. The Morgan fingerprint density at radius 2 is 1.77 bits per heavy atom. The Kier molecular flexibility index (Phi) is 6.01.